The summed E-state index contributed by atoms with van der Waals surface area (Å²) in [7, 11) is 3.58. The van der Waals surface area contributed by atoms with Gasteiger partial charge in [0.25, 0.3) is 5.91 Å². The monoisotopic (exact) mass is 303 g/mol. The molecule has 0 fully saturated rings. The van der Waals surface area contributed by atoms with E-state index in [-0.39, 0.29) is 12.5 Å². The summed E-state index contributed by atoms with van der Waals surface area (Å²) in [5.74, 6) is -0.610. The highest BCUT2D eigenvalue weighted by Crippen LogP contribution is 2.09. The van der Waals surface area contributed by atoms with E-state index in [0.717, 1.165) is 0 Å². The van der Waals surface area contributed by atoms with Crippen molar-refractivity contribution in [2.45, 2.75) is 19.4 Å². The minimum atomic E-state index is -0.665. The van der Waals surface area contributed by atoms with Crippen LogP contribution in [0.4, 0.5) is 0 Å². The summed E-state index contributed by atoms with van der Waals surface area (Å²) >= 11 is 0. The number of ether oxygens (including phenoxy) is 1. The molecule has 0 aliphatic rings. The van der Waals surface area contributed by atoms with Gasteiger partial charge in [0.1, 0.15) is 18.0 Å². The van der Waals surface area contributed by atoms with Gasteiger partial charge in [-0.05, 0) is 38.1 Å². The van der Waals surface area contributed by atoms with Crippen molar-refractivity contribution in [2.75, 3.05) is 6.61 Å². The smallest absolute Gasteiger partial charge is 0.355 e. The average Bonchev–Trinajstić information content (AvgIpc) is 3.04. The fourth-order valence-electron chi connectivity index (χ4n) is 2.10. The van der Waals surface area contributed by atoms with Gasteiger partial charge in [0, 0.05) is 26.5 Å². The van der Waals surface area contributed by atoms with Gasteiger partial charge in [-0.1, -0.05) is 0 Å². The van der Waals surface area contributed by atoms with Gasteiger partial charge in [-0.3, -0.25) is 4.79 Å². The third-order valence-electron chi connectivity index (χ3n) is 3.35. The van der Waals surface area contributed by atoms with E-state index in [1.54, 1.807) is 59.9 Å². The second kappa shape index (κ2) is 6.09. The average molecular weight is 303 g/mol. The number of nitrogens with zero attached hydrogens (tertiary/aromatic N) is 2. The number of hydrogen-bond donors (Lipinski definition) is 1. The van der Waals surface area contributed by atoms with Gasteiger partial charge in [-0.2, -0.15) is 0 Å². The fourth-order valence-corrected chi connectivity index (χ4v) is 2.10. The van der Waals surface area contributed by atoms with E-state index in [1.165, 1.54) is 0 Å². The first-order chi connectivity index (χ1) is 10.3. The van der Waals surface area contributed by atoms with E-state index in [2.05, 4.69) is 5.32 Å². The van der Waals surface area contributed by atoms with Gasteiger partial charge < -0.3 is 19.2 Å². The molecule has 0 unspecified atom stereocenters. The van der Waals surface area contributed by atoms with Crippen molar-refractivity contribution in [1.29, 1.82) is 0 Å². The van der Waals surface area contributed by atoms with E-state index < -0.39 is 11.5 Å². The fraction of sp³-hybridized carbons (Fsp3) is 0.375. The van der Waals surface area contributed by atoms with Gasteiger partial charge in [-0.25, -0.2) is 4.79 Å². The highest BCUT2D eigenvalue weighted by atomic mass is 16.5. The number of rotatable bonds is 5. The number of carbonyl (C=O) groups excluding carboxylic acids is 2. The van der Waals surface area contributed by atoms with Crippen LogP contribution in [0.25, 0.3) is 0 Å². The number of esters is 1. The van der Waals surface area contributed by atoms with Crippen molar-refractivity contribution >= 4 is 11.9 Å². The molecule has 2 rings (SSSR count). The van der Waals surface area contributed by atoms with Crippen molar-refractivity contribution < 1.29 is 14.3 Å². The largest absolute Gasteiger partial charge is 0.459 e. The summed E-state index contributed by atoms with van der Waals surface area (Å²) in [5.41, 5.74) is 0.369. The minimum Gasteiger partial charge on any atom is -0.459 e. The number of hydrogen-bond acceptors (Lipinski definition) is 3. The zero-order valence-corrected chi connectivity index (χ0v) is 13.3. The summed E-state index contributed by atoms with van der Waals surface area (Å²) in [6.07, 6.45) is 3.58. The zero-order valence-electron chi connectivity index (χ0n) is 13.3. The highest BCUT2D eigenvalue weighted by Gasteiger charge is 2.25. The molecule has 118 valence electrons. The van der Waals surface area contributed by atoms with E-state index in [9.17, 15) is 9.59 Å². The molecule has 2 aromatic heterocycles. The summed E-state index contributed by atoms with van der Waals surface area (Å²) in [6.45, 7) is 3.71. The molecule has 0 radical (unpaired) electrons. The Morgan fingerprint density at radius 1 is 1.09 bits per heavy atom. The molecular formula is C16H21N3O3. The van der Waals surface area contributed by atoms with Crippen molar-refractivity contribution in [2.24, 2.45) is 14.1 Å². The van der Waals surface area contributed by atoms with Crippen molar-refractivity contribution in [3.8, 4) is 0 Å². The number of carbonyl (C=O) groups is 2. The molecule has 0 saturated carbocycles. The zero-order chi connectivity index (χ0) is 16.3. The molecular weight excluding hydrogens is 282 g/mol. The predicted octanol–water partition coefficient (Wildman–Crippen LogP) is 1.73. The SMILES string of the molecule is Cn1cccc1C(=O)NC(C)(C)COC(=O)c1cccn1C. The van der Waals surface area contributed by atoms with Crippen molar-refractivity contribution in [1.82, 2.24) is 14.5 Å². The lowest BCUT2D eigenvalue weighted by molar-refractivity contribution is 0.0379. The number of nitrogens with one attached hydrogen (secondary N) is 1. The van der Waals surface area contributed by atoms with E-state index in [0.29, 0.717) is 11.4 Å². The maximum atomic E-state index is 12.2. The number of aryl methyl sites for hydroxylation is 2. The Labute approximate surface area is 129 Å². The quantitative estimate of drug-likeness (QED) is 0.856. The van der Waals surface area contributed by atoms with Crippen LogP contribution in [0.1, 0.15) is 34.8 Å². The number of aromatic nitrogens is 2. The molecule has 6 nitrogen and oxygen atoms in total. The summed E-state index contributed by atoms with van der Waals surface area (Å²) in [4.78, 5) is 24.2. The minimum absolute atomic E-state index is 0.0905. The molecule has 6 heteroatoms. The van der Waals surface area contributed by atoms with Crippen LogP contribution in [0, 0.1) is 0 Å². The second-order valence-electron chi connectivity index (χ2n) is 5.92. The van der Waals surface area contributed by atoms with Crippen LogP contribution in [0.15, 0.2) is 36.7 Å². The van der Waals surface area contributed by atoms with E-state index in [1.807, 2.05) is 13.8 Å². The van der Waals surface area contributed by atoms with Gasteiger partial charge in [0.15, 0.2) is 0 Å². The highest BCUT2D eigenvalue weighted by molar-refractivity contribution is 5.93. The van der Waals surface area contributed by atoms with Crippen LogP contribution in [0.5, 0.6) is 0 Å². The normalized spacial score (nSPS) is 11.3. The standard InChI is InChI=1S/C16H21N3O3/c1-16(2,17-14(20)12-7-5-9-18(12)3)11-22-15(21)13-8-6-10-19(13)4/h5-10H,11H2,1-4H3,(H,17,20). The first-order valence-electron chi connectivity index (χ1n) is 7.02. The van der Waals surface area contributed by atoms with Gasteiger partial charge in [-0.15, -0.1) is 0 Å². The molecule has 0 saturated heterocycles. The first-order valence-corrected chi connectivity index (χ1v) is 7.02. The Hall–Kier alpha value is -2.50. The third-order valence-corrected chi connectivity index (χ3v) is 3.35. The Kier molecular flexibility index (Phi) is 4.40. The Morgan fingerprint density at radius 2 is 1.64 bits per heavy atom. The predicted molar refractivity (Wildman–Crippen MR) is 82.7 cm³/mol. The molecule has 0 spiro atoms. The Bertz CT molecular complexity index is 682. The van der Waals surface area contributed by atoms with Crippen molar-refractivity contribution in [3.63, 3.8) is 0 Å². The molecule has 1 amide bonds. The molecule has 0 aliphatic carbocycles. The van der Waals surface area contributed by atoms with Gasteiger partial charge in [0.2, 0.25) is 0 Å². The second-order valence-corrected chi connectivity index (χ2v) is 5.92. The van der Waals surface area contributed by atoms with Crippen LogP contribution in [0.3, 0.4) is 0 Å². The summed E-state index contributed by atoms with van der Waals surface area (Å²) in [6, 6.07) is 7.01. The molecule has 0 aromatic carbocycles. The van der Waals surface area contributed by atoms with Crippen molar-refractivity contribution in [3.05, 3.63) is 48.0 Å². The van der Waals surface area contributed by atoms with E-state index in [4.69, 9.17) is 4.74 Å². The Balaban J connectivity index is 1.94. The molecule has 0 bridgehead atoms. The van der Waals surface area contributed by atoms with Crippen LogP contribution >= 0.6 is 0 Å². The maximum Gasteiger partial charge on any atom is 0.355 e. The van der Waals surface area contributed by atoms with Crippen LogP contribution in [-0.4, -0.2) is 33.2 Å². The lowest BCUT2D eigenvalue weighted by Crippen LogP contribution is -2.47. The third kappa shape index (κ3) is 3.58. The summed E-state index contributed by atoms with van der Waals surface area (Å²) in [5, 5.41) is 2.87. The van der Waals surface area contributed by atoms with Crippen LogP contribution in [0.2, 0.25) is 0 Å². The molecule has 0 atom stereocenters. The van der Waals surface area contributed by atoms with Gasteiger partial charge >= 0.3 is 5.97 Å². The maximum absolute atomic E-state index is 12.2. The van der Waals surface area contributed by atoms with E-state index >= 15 is 0 Å². The van der Waals surface area contributed by atoms with Crippen LogP contribution in [-0.2, 0) is 18.8 Å². The van der Waals surface area contributed by atoms with Gasteiger partial charge in [0.05, 0.1) is 5.54 Å². The van der Waals surface area contributed by atoms with Crippen LogP contribution < -0.4 is 5.32 Å². The molecule has 22 heavy (non-hydrogen) atoms. The number of amides is 1. The lowest BCUT2D eigenvalue weighted by atomic mass is 10.1. The topological polar surface area (TPSA) is 65.3 Å². The molecule has 2 heterocycles. The molecule has 1 N–H and O–H groups in total. The molecule has 0 aliphatic heterocycles. The molecule has 2 aromatic rings. The Morgan fingerprint density at radius 3 is 2.14 bits per heavy atom. The lowest BCUT2D eigenvalue weighted by Gasteiger charge is -2.25. The first kappa shape index (κ1) is 15.9. The summed E-state index contributed by atoms with van der Waals surface area (Å²) < 4.78 is 8.73.